The molecule has 3 N–H and O–H groups in total. The molecule has 0 fully saturated rings. The Morgan fingerprint density at radius 3 is 2.32 bits per heavy atom. The van der Waals surface area contributed by atoms with Crippen LogP contribution >= 0.6 is 0 Å². The number of hydrogen-bond donors (Lipinski definition) is 3. The van der Waals surface area contributed by atoms with Crippen LogP contribution in [0.1, 0.15) is 48.7 Å². The minimum absolute atomic E-state index is 0.0597. The molecular weight excluding hydrogens is 464 g/mol. The fourth-order valence-corrected chi connectivity index (χ4v) is 4.45. The Bertz CT molecular complexity index is 1330. The highest BCUT2D eigenvalue weighted by molar-refractivity contribution is 6.04. The summed E-state index contributed by atoms with van der Waals surface area (Å²) in [6.45, 7) is 4.04. The summed E-state index contributed by atoms with van der Waals surface area (Å²) >= 11 is 0. The molecule has 188 valence electrons. The van der Waals surface area contributed by atoms with Crippen LogP contribution < -0.4 is 20.9 Å². The van der Waals surface area contributed by atoms with Gasteiger partial charge < -0.3 is 20.9 Å². The van der Waals surface area contributed by atoms with Gasteiger partial charge >= 0.3 is 0 Å². The molecule has 1 heterocycles. The van der Waals surface area contributed by atoms with Crippen molar-refractivity contribution in [3.63, 3.8) is 0 Å². The molecule has 3 amide bonds. The number of anilines is 3. The lowest BCUT2D eigenvalue weighted by Crippen LogP contribution is -2.44. The molecule has 7 nitrogen and oxygen atoms in total. The molecule has 4 rings (SSSR count). The lowest BCUT2D eigenvalue weighted by atomic mass is 9.91. The van der Waals surface area contributed by atoms with E-state index < -0.39 is 5.91 Å². The number of hydrogen-bond acceptors (Lipinski definition) is 4. The van der Waals surface area contributed by atoms with Gasteiger partial charge in [0.15, 0.2) is 0 Å². The average Bonchev–Trinajstić information content (AvgIpc) is 2.92. The number of nitrogens with zero attached hydrogens (tertiary/aromatic N) is 1. The third kappa shape index (κ3) is 6.36. The second kappa shape index (κ2) is 11.9. The third-order valence-corrected chi connectivity index (χ3v) is 6.22. The van der Waals surface area contributed by atoms with Crippen molar-refractivity contribution >= 4 is 34.8 Å². The maximum absolute atomic E-state index is 12.5. The van der Waals surface area contributed by atoms with Crippen LogP contribution in [-0.2, 0) is 9.59 Å². The summed E-state index contributed by atoms with van der Waals surface area (Å²) in [5, 5.41) is 8.98. The van der Waals surface area contributed by atoms with Crippen LogP contribution in [-0.4, -0.2) is 30.3 Å². The molecule has 3 aromatic carbocycles. The van der Waals surface area contributed by atoms with Crippen molar-refractivity contribution < 1.29 is 14.4 Å². The monoisotopic (exact) mass is 494 g/mol. The predicted octanol–water partition coefficient (Wildman–Crippen LogP) is 4.75. The van der Waals surface area contributed by atoms with Crippen molar-refractivity contribution in [2.75, 3.05) is 22.1 Å². The number of carbonyl (C=O) groups excluding carboxylic acids is 3. The summed E-state index contributed by atoms with van der Waals surface area (Å²) < 4.78 is 0. The summed E-state index contributed by atoms with van der Waals surface area (Å²) in [6.07, 6.45) is 1.26. The first-order chi connectivity index (χ1) is 18.0. The van der Waals surface area contributed by atoms with Crippen LogP contribution in [0.5, 0.6) is 0 Å². The molecule has 2 unspecified atom stereocenters. The number of para-hydroxylation sites is 1. The predicted molar refractivity (Wildman–Crippen MR) is 146 cm³/mol. The van der Waals surface area contributed by atoms with Gasteiger partial charge in [0.2, 0.25) is 5.91 Å². The van der Waals surface area contributed by atoms with Gasteiger partial charge in [-0.3, -0.25) is 14.4 Å². The summed E-state index contributed by atoms with van der Waals surface area (Å²) in [5.74, 6) is 4.59. The summed E-state index contributed by atoms with van der Waals surface area (Å²) in [4.78, 5) is 38.6. The van der Waals surface area contributed by atoms with E-state index in [-0.39, 0.29) is 30.4 Å². The maximum Gasteiger partial charge on any atom is 0.300 e. The van der Waals surface area contributed by atoms with Gasteiger partial charge in [0.25, 0.3) is 11.8 Å². The zero-order valence-corrected chi connectivity index (χ0v) is 21.0. The quantitative estimate of drug-likeness (QED) is 0.432. The first-order valence-electron chi connectivity index (χ1n) is 12.4. The molecule has 0 aliphatic carbocycles. The smallest absolute Gasteiger partial charge is 0.300 e. The van der Waals surface area contributed by atoms with Gasteiger partial charge in [0, 0.05) is 35.1 Å². The van der Waals surface area contributed by atoms with Crippen LogP contribution in [0, 0.1) is 11.8 Å². The molecular formula is C30H30N4O3. The van der Waals surface area contributed by atoms with Crippen LogP contribution in [0.2, 0.25) is 0 Å². The number of benzene rings is 3. The Morgan fingerprint density at radius 2 is 1.59 bits per heavy atom. The van der Waals surface area contributed by atoms with Crippen molar-refractivity contribution in [2.24, 2.45) is 0 Å². The van der Waals surface area contributed by atoms with E-state index in [1.165, 1.54) is 0 Å². The molecule has 37 heavy (non-hydrogen) atoms. The minimum Gasteiger partial charge on any atom is -0.378 e. The van der Waals surface area contributed by atoms with Gasteiger partial charge in [-0.15, -0.1) is 0 Å². The Kier molecular flexibility index (Phi) is 8.22. The first kappa shape index (κ1) is 25.5. The number of fused-ring (bicyclic) bond motifs is 1. The van der Waals surface area contributed by atoms with Gasteiger partial charge in [0.1, 0.15) is 0 Å². The molecule has 2 atom stereocenters. The number of rotatable bonds is 6. The second-order valence-corrected chi connectivity index (χ2v) is 8.84. The molecule has 1 aliphatic rings. The molecule has 3 aromatic rings. The summed E-state index contributed by atoms with van der Waals surface area (Å²) in [5.41, 5.74) is 4.12. The van der Waals surface area contributed by atoms with Gasteiger partial charge in [0.05, 0.1) is 12.6 Å². The molecule has 0 saturated carbocycles. The molecule has 7 heteroatoms. The lowest BCUT2D eigenvalue weighted by molar-refractivity contribution is -0.118. The Morgan fingerprint density at radius 1 is 0.919 bits per heavy atom. The van der Waals surface area contributed by atoms with Gasteiger partial charge in [-0.05, 0) is 67.3 Å². The summed E-state index contributed by atoms with van der Waals surface area (Å²) in [7, 11) is 0. The van der Waals surface area contributed by atoms with E-state index in [2.05, 4.69) is 40.8 Å². The van der Waals surface area contributed by atoms with E-state index in [0.29, 0.717) is 17.7 Å². The zero-order chi connectivity index (χ0) is 26.2. The third-order valence-electron chi connectivity index (χ3n) is 6.22. The highest BCUT2D eigenvalue weighted by atomic mass is 16.2. The molecule has 1 aliphatic heterocycles. The van der Waals surface area contributed by atoms with Crippen LogP contribution in [0.25, 0.3) is 0 Å². The van der Waals surface area contributed by atoms with E-state index >= 15 is 0 Å². The molecule has 0 radical (unpaired) electrons. The van der Waals surface area contributed by atoms with Gasteiger partial charge in [-0.1, -0.05) is 49.2 Å². The topological polar surface area (TPSA) is 90.5 Å². The summed E-state index contributed by atoms with van der Waals surface area (Å²) in [6, 6.07) is 24.4. The largest absolute Gasteiger partial charge is 0.378 e. The van der Waals surface area contributed by atoms with E-state index in [1.807, 2.05) is 60.4 Å². The molecule has 0 bridgehead atoms. The standard InChI is InChI=1S/C30H30N4O3/c1-3-29(36)34-21(2)20-26(25-12-7-8-13-27(25)34)32-23-15-17-24(18-16-23)33-28(35)14-9-19-31-30(37)22-10-5-4-6-11-22/h4-8,10-13,15-18,21,26,32H,3,19-20H2,1-2H3,(H,31,37)(H,33,35). The highest BCUT2D eigenvalue weighted by Crippen LogP contribution is 2.39. The lowest BCUT2D eigenvalue weighted by Gasteiger charge is -2.40. The van der Waals surface area contributed by atoms with Crippen molar-refractivity contribution in [2.45, 2.75) is 38.8 Å². The zero-order valence-electron chi connectivity index (χ0n) is 21.0. The van der Waals surface area contributed by atoms with Crippen LogP contribution in [0.4, 0.5) is 17.1 Å². The van der Waals surface area contributed by atoms with E-state index in [0.717, 1.165) is 23.4 Å². The maximum atomic E-state index is 12.5. The number of nitrogens with one attached hydrogen (secondary N) is 3. The number of carbonyl (C=O) groups is 3. The molecule has 0 spiro atoms. The molecule has 0 saturated heterocycles. The van der Waals surface area contributed by atoms with E-state index in [9.17, 15) is 14.4 Å². The van der Waals surface area contributed by atoms with Crippen molar-refractivity contribution in [1.82, 2.24) is 5.32 Å². The van der Waals surface area contributed by atoms with Crippen LogP contribution in [0.3, 0.4) is 0 Å². The van der Waals surface area contributed by atoms with Crippen molar-refractivity contribution in [1.29, 1.82) is 0 Å². The number of amides is 3. The first-order valence-corrected chi connectivity index (χ1v) is 12.4. The van der Waals surface area contributed by atoms with Gasteiger partial charge in [-0.25, -0.2) is 0 Å². The normalized spacial score (nSPS) is 16.0. The van der Waals surface area contributed by atoms with Crippen molar-refractivity contribution in [3.8, 4) is 11.8 Å². The minimum atomic E-state index is -0.453. The fraction of sp³-hybridized carbons (Fsp3) is 0.233. The molecule has 0 aromatic heterocycles. The Labute approximate surface area is 217 Å². The SMILES string of the molecule is CCC(=O)N1c2ccccc2C(Nc2ccc(NC(=O)C#CCNC(=O)c3ccccc3)cc2)CC1C. The highest BCUT2D eigenvalue weighted by Gasteiger charge is 2.32. The Balaban J connectivity index is 1.33. The Hall–Kier alpha value is -4.57. The van der Waals surface area contributed by atoms with Crippen molar-refractivity contribution in [3.05, 3.63) is 90.0 Å². The van der Waals surface area contributed by atoms with E-state index in [1.54, 1.807) is 24.3 Å². The van der Waals surface area contributed by atoms with Gasteiger partial charge in [-0.2, -0.15) is 0 Å². The second-order valence-electron chi connectivity index (χ2n) is 8.84. The average molecular weight is 495 g/mol. The van der Waals surface area contributed by atoms with E-state index in [4.69, 9.17) is 0 Å². The van der Waals surface area contributed by atoms with Crippen LogP contribution in [0.15, 0.2) is 78.9 Å². The fourth-order valence-electron chi connectivity index (χ4n) is 4.45.